The van der Waals surface area contributed by atoms with Crippen LogP contribution in [-0.4, -0.2) is 29.6 Å². The van der Waals surface area contributed by atoms with Crippen LogP contribution in [0.3, 0.4) is 0 Å². The predicted molar refractivity (Wildman–Crippen MR) is 91.1 cm³/mol. The molecule has 1 aromatic rings. The second kappa shape index (κ2) is 8.73. The number of hydrogen-bond acceptors (Lipinski definition) is 2. The van der Waals surface area contributed by atoms with Gasteiger partial charge in [0.1, 0.15) is 0 Å². The van der Waals surface area contributed by atoms with Gasteiger partial charge < -0.3 is 4.90 Å². The molecule has 0 saturated carbocycles. The Morgan fingerprint density at radius 3 is 2.05 bits per heavy atom. The average molecular weight is 358 g/mol. The Balaban J connectivity index is 2.54. The Bertz CT molecular complexity index is 407. The van der Waals surface area contributed by atoms with Crippen LogP contribution in [0.15, 0.2) is 33.6 Å². The maximum Gasteiger partial charge on any atom is 0.232 e. The first-order valence-electron chi connectivity index (χ1n) is 7.04. The molecule has 1 rings (SSSR count). The van der Waals surface area contributed by atoms with E-state index in [0.717, 1.165) is 22.5 Å². The van der Waals surface area contributed by atoms with Crippen molar-refractivity contribution in [3.05, 3.63) is 28.7 Å². The molecule has 20 heavy (non-hydrogen) atoms. The van der Waals surface area contributed by atoms with E-state index in [1.165, 1.54) is 0 Å². The number of halogens is 1. The Labute approximate surface area is 135 Å². The molecule has 0 fully saturated rings. The Hall–Kier alpha value is -0.480. The molecule has 0 bridgehead atoms. The van der Waals surface area contributed by atoms with E-state index in [4.69, 9.17) is 0 Å². The maximum atomic E-state index is 12.4. The first-order valence-corrected chi connectivity index (χ1v) is 8.82. The van der Waals surface area contributed by atoms with E-state index >= 15 is 0 Å². The van der Waals surface area contributed by atoms with Crippen molar-refractivity contribution in [2.24, 2.45) is 11.8 Å². The van der Waals surface area contributed by atoms with Gasteiger partial charge in [-0.15, -0.1) is 11.8 Å². The Morgan fingerprint density at radius 2 is 1.60 bits per heavy atom. The fraction of sp³-hybridized carbons (Fsp3) is 0.562. The molecular formula is C16H24BrNOS. The molecule has 0 aliphatic carbocycles. The van der Waals surface area contributed by atoms with Gasteiger partial charge in [-0.05, 0) is 36.1 Å². The topological polar surface area (TPSA) is 20.3 Å². The smallest absolute Gasteiger partial charge is 0.232 e. The molecule has 0 aromatic heterocycles. The minimum atomic E-state index is 0.236. The van der Waals surface area contributed by atoms with Gasteiger partial charge in [0.05, 0.1) is 5.75 Å². The van der Waals surface area contributed by atoms with Gasteiger partial charge in [-0.1, -0.05) is 43.6 Å². The fourth-order valence-electron chi connectivity index (χ4n) is 1.93. The summed E-state index contributed by atoms with van der Waals surface area (Å²) in [5.74, 6) is 1.77. The van der Waals surface area contributed by atoms with E-state index in [1.54, 1.807) is 11.8 Å². The molecule has 0 saturated heterocycles. The Kier molecular flexibility index (Phi) is 7.67. The van der Waals surface area contributed by atoms with Gasteiger partial charge in [-0.2, -0.15) is 0 Å². The van der Waals surface area contributed by atoms with Crippen molar-refractivity contribution in [3.63, 3.8) is 0 Å². The largest absolute Gasteiger partial charge is 0.341 e. The number of amides is 1. The molecule has 0 atom stereocenters. The lowest BCUT2D eigenvalue weighted by atomic mass is 10.1. The molecule has 0 radical (unpaired) electrons. The van der Waals surface area contributed by atoms with Crippen LogP contribution in [-0.2, 0) is 4.79 Å². The van der Waals surface area contributed by atoms with Gasteiger partial charge in [0.2, 0.25) is 5.91 Å². The van der Waals surface area contributed by atoms with Crippen molar-refractivity contribution in [2.45, 2.75) is 32.6 Å². The normalized spacial score (nSPS) is 11.2. The van der Waals surface area contributed by atoms with E-state index in [2.05, 4.69) is 43.6 Å². The quantitative estimate of drug-likeness (QED) is 0.660. The number of benzene rings is 1. The molecule has 0 aliphatic heterocycles. The van der Waals surface area contributed by atoms with Crippen LogP contribution in [0.1, 0.15) is 27.7 Å². The summed E-state index contributed by atoms with van der Waals surface area (Å²) in [6, 6.07) is 8.09. The van der Waals surface area contributed by atoms with Gasteiger partial charge >= 0.3 is 0 Å². The molecule has 0 N–H and O–H groups in total. The third kappa shape index (κ3) is 6.80. The fourth-order valence-corrected chi connectivity index (χ4v) is 2.99. The summed E-state index contributed by atoms with van der Waals surface area (Å²) in [6.07, 6.45) is 0. The van der Waals surface area contributed by atoms with Crippen molar-refractivity contribution < 1.29 is 4.79 Å². The first kappa shape index (κ1) is 17.6. The zero-order chi connectivity index (χ0) is 15.1. The third-order valence-electron chi connectivity index (χ3n) is 2.70. The molecule has 1 amide bonds. The van der Waals surface area contributed by atoms with Gasteiger partial charge in [0.15, 0.2) is 0 Å². The number of thioether (sulfide) groups is 1. The summed E-state index contributed by atoms with van der Waals surface area (Å²) in [5.41, 5.74) is 0. The van der Waals surface area contributed by atoms with Gasteiger partial charge in [0, 0.05) is 22.5 Å². The van der Waals surface area contributed by atoms with Crippen molar-refractivity contribution >= 4 is 33.6 Å². The molecule has 1 aromatic carbocycles. The second-order valence-corrected chi connectivity index (χ2v) is 7.79. The number of nitrogens with zero attached hydrogens (tertiary/aromatic N) is 1. The first-order chi connectivity index (χ1) is 9.38. The maximum absolute atomic E-state index is 12.4. The monoisotopic (exact) mass is 357 g/mol. The van der Waals surface area contributed by atoms with Crippen LogP contribution in [0, 0.1) is 11.8 Å². The predicted octanol–water partition coefficient (Wildman–Crippen LogP) is 4.68. The lowest BCUT2D eigenvalue weighted by Gasteiger charge is -2.26. The highest BCUT2D eigenvalue weighted by Crippen LogP contribution is 2.21. The lowest BCUT2D eigenvalue weighted by Crippen LogP contribution is -2.38. The zero-order valence-corrected chi connectivity index (χ0v) is 15.1. The summed E-state index contributed by atoms with van der Waals surface area (Å²) < 4.78 is 1.06. The van der Waals surface area contributed by atoms with Crippen LogP contribution in [0.5, 0.6) is 0 Å². The molecule has 112 valence electrons. The van der Waals surface area contributed by atoms with E-state index in [9.17, 15) is 4.79 Å². The van der Waals surface area contributed by atoms with Crippen molar-refractivity contribution in [3.8, 4) is 0 Å². The SMILES string of the molecule is CC(C)CN(CC(C)C)C(=O)CSc1ccc(Br)cc1. The minimum Gasteiger partial charge on any atom is -0.341 e. The highest BCUT2D eigenvalue weighted by Gasteiger charge is 2.16. The minimum absolute atomic E-state index is 0.236. The van der Waals surface area contributed by atoms with Gasteiger partial charge in [-0.3, -0.25) is 4.79 Å². The number of carbonyl (C=O) groups is 1. The number of rotatable bonds is 7. The summed E-state index contributed by atoms with van der Waals surface area (Å²) >= 11 is 5.03. The van der Waals surface area contributed by atoms with E-state index in [-0.39, 0.29) is 5.91 Å². The summed E-state index contributed by atoms with van der Waals surface area (Å²) in [7, 11) is 0. The van der Waals surface area contributed by atoms with Crippen molar-refractivity contribution in [1.82, 2.24) is 4.90 Å². The van der Waals surface area contributed by atoms with Crippen molar-refractivity contribution in [1.29, 1.82) is 0 Å². The third-order valence-corrected chi connectivity index (χ3v) is 4.23. The molecule has 4 heteroatoms. The van der Waals surface area contributed by atoms with Crippen LogP contribution >= 0.6 is 27.7 Å². The zero-order valence-electron chi connectivity index (χ0n) is 12.7. The number of carbonyl (C=O) groups excluding carboxylic acids is 1. The van der Waals surface area contributed by atoms with E-state index in [0.29, 0.717) is 17.6 Å². The molecule has 0 heterocycles. The standard InChI is InChI=1S/C16H24BrNOS/c1-12(2)9-18(10-13(3)4)16(19)11-20-15-7-5-14(17)6-8-15/h5-8,12-13H,9-11H2,1-4H3. The lowest BCUT2D eigenvalue weighted by molar-refractivity contribution is -0.129. The van der Waals surface area contributed by atoms with Crippen LogP contribution in [0.4, 0.5) is 0 Å². The molecule has 0 aliphatic rings. The van der Waals surface area contributed by atoms with E-state index in [1.807, 2.05) is 29.2 Å². The highest BCUT2D eigenvalue weighted by atomic mass is 79.9. The molecule has 0 spiro atoms. The molecule has 2 nitrogen and oxygen atoms in total. The van der Waals surface area contributed by atoms with Crippen LogP contribution in [0.2, 0.25) is 0 Å². The summed E-state index contributed by atoms with van der Waals surface area (Å²) in [5, 5.41) is 0. The molecule has 0 unspecified atom stereocenters. The average Bonchev–Trinajstić information content (AvgIpc) is 2.36. The number of hydrogen-bond donors (Lipinski definition) is 0. The van der Waals surface area contributed by atoms with E-state index < -0.39 is 0 Å². The van der Waals surface area contributed by atoms with Crippen LogP contribution < -0.4 is 0 Å². The van der Waals surface area contributed by atoms with Gasteiger partial charge in [-0.25, -0.2) is 0 Å². The second-order valence-electron chi connectivity index (χ2n) is 5.83. The van der Waals surface area contributed by atoms with Crippen molar-refractivity contribution in [2.75, 3.05) is 18.8 Å². The molecular weight excluding hydrogens is 334 g/mol. The summed E-state index contributed by atoms with van der Waals surface area (Å²) in [6.45, 7) is 10.3. The summed E-state index contributed by atoms with van der Waals surface area (Å²) in [4.78, 5) is 15.5. The van der Waals surface area contributed by atoms with Crippen LogP contribution in [0.25, 0.3) is 0 Å². The highest BCUT2D eigenvalue weighted by molar-refractivity contribution is 9.10. The Morgan fingerprint density at radius 1 is 1.10 bits per heavy atom. The van der Waals surface area contributed by atoms with Gasteiger partial charge in [0.25, 0.3) is 0 Å².